The molecule has 0 saturated carbocycles. The lowest BCUT2D eigenvalue weighted by atomic mass is 10.1. The molecular formula is C21H23N5O2S. The number of aromatic nitrogens is 3. The molecule has 0 radical (unpaired) electrons. The van der Waals surface area contributed by atoms with Crippen molar-refractivity contribution in [2.75, 3.05) is 0 Å². The molecular weight excluding hydrogens is 386 g/mol. The standard InChI is InChI=1S/C21H23N5O2S/c1-13-9-10-17(14(2)11-13)26-18(12-16-7-5-4-6-8-16)24-25-21(26)29-15(3)19(27)23-20(22)28/h4-11,15H,12H2,1-3H3,(H3,22,23,27,28). The second-order valence-corrected chi connectivity index (χ2v) is 8.11. The molecule has 0 fully saturated rings. The Balaban J connectivity index is 2.00. The number of urea groups is 1. The molecule has 150 valence electrons. The number of thioether (sulfide) groups is 1. The van der Waals surface area contributed by atoms with Crippen molar-refractivity contribution in [2.24, 2.45) is 5.73 Å². The number of amides is 3. The predicted octanol–water partition coefficient (Wildman–Crippen LogP) is 3.15. The van der Waals surface area contributed by atoms with Gasteiger partial charge in [-0.15, -0.1) is 10.2 Å². The van der Waals surface area contributed by atoms with Gasteiger partial charge in [-0.1, -0.05) is 59.8 Å². The van der Waals surface area contributed by atoms with Crippen molar-refractivity contribution in [1.82, 2.24) is 20.1 Å². The molecule has 1 aromatic heterocycles. The number of carbonyl (C=O) groups excluding carboxylic acids is 2. The van der Waals surface area contributed by atoms with E-state index in [1.807, 2.05) is 60.9 Å². The first-order valence-corrected chi connectivity index (χ1v) is 10.1. The third kappa shape index (κ3) is 5.03. The molecule has 1 heterocycles. The summed E-state index contributed by atoms with van der Waals surface area (Å²) in [6, 6.07) is 15.3. The van der Waals surface area contributed by atoms with Gasteiger partial charge in [0.15, 0.2) is 5.16 Å². The lowest BCUT2D eigenvalue weighted by molar-refractivity contribution is -0.119. The monoisotopic (exact) mass is 409 g/mol. The molecule has 1 atom stereocenters. The van der Waals surface area contributed by atoms with Crippen LogP contribution in [0.15, 0.2) is 53.7 Å². The fourth-order valence-corrected chi connectivity index (χ4v) is 3.88. The molecule has 0 bridgehead atoms. The van der Waals surface area contributed by atoms with Gasteiger partial charge in [-0.3, -0.25) is 14.7 Å². The molecule has 3 aromatic rings. The zero-order chi connectivity index (χ0) is 21.0. The normalized spacial score (nSPS) is 11.8. The largest absolute Gasteiger partial charge is 0.351 e. The summed E-state index contributed by atoms with van der Waals surface area (Å²) < 4.78 is 1.97. The maximum absolute atomic E-state index is 12.1. The Morgan fingerprint density at radius 1 is 1.14 bits per heavy atom. The Morgan fingerprint density at radius 3 is 2.52 bits per heavy atom. The SMILES string of the molecule is Cc1ccc(-n2c(Cc3ccccc3)nnc2SC(C)C(=O)NC(N)=O)c(C)c1. The molecule has 3 amide bonds. The highest BCUT2D eigenvalue weighted by Gasteiger charge is 2.22. The van der Waals surface area contributed by atoms with Crippen LogP contribution in [0.1, 0.15) is 29.4 Å². The minimum absolute atomic E-state index is 0.470. The van der Waals surface area contributed by atoms with Crippen LogP contribution in [0.25, 0.3) is 5.69 Å². The highest BCUT2D eigenvalue weighted by Crippen LogP contribution is 2.28. The summed E-state index contributed by atoms with van der Waals surface area (Å²) >= 11 is 1.23. The van der Waals surface area contributed by atoms with Crippen molar-refractivity contribution in [3.05, 3.63) is 71.0 Å². The quantitative estimate of drug-likeness (QED) is 0.609. The Kier molecular flexibility index (Phi) is 6.33. The predicted molar refractivity (Wildman–Crippen MR) is 113 cm³/mol. The highest BCUT2D eigenvalue weighted by atomic mass is 32.2. The lowest BCUT2D eigenvalue weighted by Gasteiger charge is -2.15. The summed E-state index contributed by atoms with van der Waals surface area (Å²) in [5.41, 5.74) is 9.36. The molecule has 29 heavy (non-hydrogen) atoms. The Hall–Kier alpha value is -3.13. The second-order valence-electron chi connectivity index (χ2n) is 6.80. The average Bonchev–Trinajstić information content (AvgIpc) is 3.04. The van der Waals surface area contributed by atoms with Crippen LogP contribution in [0.3, 0.4) is 0 Å². The van der Waals surface area contributed by atoms with E-state index in [0.717, 1.165) is 28.2 Å². The number of nitrogens with two attached hydrogens (primary N) is 1. The summed E-state index contributed by atoms with van der Waals surface area (Å²) in [5.74, 6) is 0.301. The van der Waals surface area contributed by atoms with Gasteiger partial charge in [0.2, 0.25) is 5.91 Å². The molecule has 0 spiro atoms. The van der Waals surface area contributed by atoms with Crippen LogP contribution < -0.4 is 11.1 Å². The van der Waals surface area contributed by atoms with E-state index in [-0.39, 0.29) is 0 Å². The zero-order valence-electron chi connectivity index (χ0n) is 16.5. The molecule has 3 rings (SSSR count). The van der Waals surface area contributed by atoms with Crippen molar-refractivity contribution in [3.8, 4) is 5.69 Å². The Bertz CT molecular complexity index is 1030. The van der Waals surface area contributed by atoms with Crippen molar-refractivity contribution in [1.29, 1.82) is 0 Å². The molecule has 2 aromatic carbocycles. The molecule has 8 heteroatoms. The fraction of sp³-hybridized carbons (Fsp3) is 0.238. The van der Waals surface area contributed by atoms with Crippen LogP contribution >= 0.6 is 11.8 Å². The molecule has 0 aliphatic rings. The molecule has 3 N–H and O–H groups in total. The third-order valence-electron chi connectivity index (χ3n) is 4.40. The first kappa shape index (κ1) is 20.6. The molecule has 0 saturated heterocycles. The van der Waals surface area contributed by atoms with E-state index in [1.54, 1.807) is 6.92 Å². The third-order valence-corrected chi connectivity index (χ3v) is 5.44. The number of benzene rings is 2. The minimum Gasteiger partial charge on any atom is -0.351 e. The smallest absolute Gasteiger partial charge is 0.318 e. The summed E-state index contributed by atoms with van der Waals surface area (Å²) in [6.45, 7) is 5.77. The van der Waals surface area contributed by atoms with Gasteiger partial charge in [-0.05, 0) is 38.0 Å². The van der Waals surface area contributed by atoms with Crippen LogP contribution in [0.4, 0.5) is 4.79 Å². The summed E-state index contributed by atoms with van der Waals surface area (Å²) in [6.07, 6.45) is 0.601. The zero-order valence-corrected chi connectivity index (χ0v) is 17.4. The number of aryl methyl sites for hydroxylation is 2. The van der Waals surface area contributed by atoms with Crippen molar-refractivity contribution < 1.29 is 9.59 Å². The maximum atomic E-state index is 12.1. The van der Waals surface area contributed by atoms with E-state index in [0.29, 0.717) is 11.6 Å². The van der Waals surface area contributed by atoms with Crippen LogP contribution in [-0.4, -0.2) is 32.0 Å². The highest BCUT2D eigenvalue weighted by molar-refractivity contribution is 8.00. The Labute approximate surface area is 173 Å². The van der Waals surface area contributed by atoms with E-state index < -0.39 is 17.2 Å². The van der Waals surface area contributed by atoms with E-state index in [9.17, 15) is 9.59 Å². The van der Waals surface area contributed by atoms with E-state index in [4.69, 9.17) is 5.73 Å². The van der Waals surface area contributed by atoms with Gasteiger partial charge < -0.3 is 5.73 Å². The number of carbonyl (C=O) groups is 2. The van der Waals surface area contributed by atoms with Gasteiger partial charge in [-0.25, -0.2) is 4.79 Å². The van der Waals surface area contributed by atoms with Gasteiger partial charge in [0.05, 0.1) is 10.9 Å². The Morgan fingerprint density at radius 2 is 1.86 bits per heavy atom. The summed E-state index contributed by atoms with van der Waals surface area (Å²) in [7, 11) is 0. The van der Waals surface area contributed by atoms with E-state index in [2.05, 4.69) is 21.6 Å². The molecule has 0 aliphatic heterocycles. The summed E-state index contributed by atoms with van der Waals surface area (Å²) in [4.78, 5) is 23.1. The van der Waals surface area contributed by atoms with E-state index in [1.165, 1.54) is 11.8 Å². The molecule has 7 nitrogen and oxygen atoms in total. The number of rotatable bonds is 6. The first-order chi connectivity index (χ1) is 13.8. The van der Waals surface area contributed by atoms with Crippen LogP contribution in [0.2, 0.25) is 0 Å². The average molecular weight is 410 g/mol. The number of hydrogen-bond donors (Lipinski definition) is 2. The van der Waals surface area contributed by atoms with Gasteiger partial charge >= 0.3 is 6.03 Å². The number of hydrogen-bond acceptors (Lipinski definition) is 5. The van der Waals surface area contributed by atoms with Crippen LogP contribution in [0.5, 0.6) is 0 Å². The number of imide groups is 1. The van der Waals surface area contributed by atoms with Gasteiger partial charge in [-0.2, -0.15) is 0 Å². The van der Waals surface area contributed by atoms with Crippen LogP contribution in [0, 0.1) is 13.8 Å². The number of nitrogens with zero attached hydrogens (tertiary/aromatic N) is 3. The maximum Gasteiger partial charge on any atom is 0.318 e. The van der Waals surface area contributed by atoms with Crippen molar-refractivity contribution in [2.45, 2.75) is 37.6 Å². The number of nitrogens with one attached hydrogen (secondary N) is 1. The van der Waals surface area contributed by atoms with Gasteiger partial charge in [0.25, 0.3) is 0 Å². The van der Waals surface area contributed by atoms with Crippen molar-refractivity contribution in [3.63, 3.8) is 0 Å². The minimum atomic E-state index is -0.872. The van der Waals surface area contributed by atoms with Crippen molar-refractivity contribution >= 4 is 23.7 Å². The molecule has 0 aliphatic carbocycles. The van der Waals surface area contributed by atoms with Crippen LogP contribution in [-0.2, 0) is 11.2 Å². The van der Waals surface area contributed by atoms with Gasteiger partial charge in [0.1, 0.15) is 5.82 Å². The first-order valence-electron chi connectivity index (χ1n) is 9.18. The second kappa shape index (κ2) is 8.91. The van der Waals surface area contributed by atoms with Gasteiger partial charge in [0, 0.05) is 6.42 Å². The molecule has 1 unspecified atom stereocenters. The lowest BCUT2D eigenvalue weighted by Crippen LogP contribution is -2.39. The topological polar surface area (TPSA) is 103 Å². The van der Waals surface area contributed by atoms with E-state index >= 15 is 0 Å². The summed E-state index contributed by atoms with van der Waals surface area (Å²) in [5, 5.41) is 10.8. The number of primary amides is 1. The fourth-order valence-electron chi connectivity index (χ4n) is 3.00.